The molecule has 22 heavy (non-hydrogen) atoms. The fourth-order valence-corrected chi connectivity index (χ4v) is 2.45. The van der Waals surface area contributed by atoms with Gasteiger partial charge in [0.1, 0.15) is 11.9 Å². The van der Waals surface area contributed by atoms with E-state index in [9.17, 15) is 5.11 Å². The molecule has 0 saturated heterocycles. The Balaban J connectivity index is 1.83. The van der Waals surface area contributed by atoms with Gasteiger partial charge in [-0.1, -0.05) is 36.4 Å². The molecule has 4 rings (SSSR count). The molecule has 0 unspecified atom stereocenters. The number of rotatable bonds is 2. The highest BCUT2D eigenvalue weighted by molar-refractivity contribution is 5.91. The summed E-state index contributed by atoms with van der Waals surface area (Å²) in [6.07, 6.45) is 3.09. The highest BCUT2D eigenvalue weighted by Crippen LogP contribution is 2.25. The van der Waals surface area contributed by atoms with Gasteiger partial charge in [0.15, 0.2) is 11.5 Å². The number of furan rings is 1. The normalized spacial score (nSPS) is 12.1. The van der Waals surface area contributed by atoms with E-state index in [1.807, 2.05) is 54.6 Å². The molecular formula is C18H12N2O2. The predicted molar refractivity (Wildman–Crippen MR) is 86.3 cm³/mol. The van der Waals surface area contributed by atoms with Crippen molar-refractivity contribution < 1.29 is 9.52 Å². The molecule has 0 amide bonds. The molecule has 0 aliphatic carbocycles. The van der Waals surface area contributed by atoms with Crippen molar-refractivity contribution >= 4 is 33.7 Å². The third-order valence-corrected chi connectivity index (χ3v) is 3.53. The lowest BCUT2D eigenvalue weighted by atomic mass is 10.1. The summed E-state index contributed by atoms with van der Waals surface area (Å²) < 4.78 is 5.65. The van der Waals surface area contributed by atoms with Gasteiger partial charge in [-0.3, -0.25) is 0 Å². The molecule has 0 atom stereocenters. The van der Waals surface area contributed by atoms with Crippen LogP contribution in [0.25, 0.3) is 33.7 Å². The largest absolute Gasteiger partial charge is 0.504 e. The van der Waals surface area contributed by atoms with Gasteiger partial charge in [-0.15, -0.1) is 0 Å². The Morgan fingerprint density at radius 2 is 1.82 bits per heavy atom. The van der Waals surface area contributed by atoms with Gasteiger partial charge in [0.05, 0.1) is 11.2 Å². The first-order valence-electron chi connectivity index (χ1n) is 6.90. The number of hydrogen-bond donors (Lipinski definition) is 1. The number of benzene rings is 2. The number of para-hydroxylation sites is 2. The molecule has 4 nitrogen and oxygen atoms in total. The first kappa shape index (κ1) is 12.6. The molecular weight excluding hydrogens is 276 g/mol. The van der Waals surface area contributed by atoms with Crippen LogP contribution in [0.15, 0.2) is 65.3 Å². The van der Waals surface area contributed by atoms with Crippen molar-refractivity contribution in [2.24, 2.45) is 0 Å². The van der Waals surface area contributed by atoms with Crippen LogP contribution in [0.5, 0.6) is 0 Å². The topological polar surface area (TPSA) is 59.2 Å². The molecule has 0 radical (unpaired) electrons. The Morgan fingerprint density at radius 3 is 2.73 bits per heavy atom. The van der Waals surface area contributed by atoms with Gasteiger partial charge in [0.2, 0.25) is 0 Å². The van der Waals surface area contributed by atoms with Gasteiger partial charge >= 0.3 is 0 Å². The van der Waals surface area contributed by atoms with Gasteiger partial charge in [-0.05, 0) is 18.2 Å². The lowest BCUT2D eigenvalue weighted by Crippen LogP contribution is -1.88. The molecule has 0 spiro atoms. The summed E-state index contributed by atoms with van der Waals surface area (Å²) in [7, 11) is 0. The monoisotopic (exact) mass is 288 g/mol. The molecule has 2 aromatic carbocycles. The van der Waals surface area contributed by atoms with E-state index in [4.69, 9.17) is 4.42 Å². The van der Waals surface area contributed by atoms with E-state index in [1.165, 1.54) is 6.33 Å². The minimum atomic E-state index is 0.0417. The fourth-order valence-electron chi connectivity index (χ4n) is 2.45. The van der Waals surface area contributed by atoms with Crippen LogP contribution in [0.1, 0.15) is 11.5 Å². The summed E-state index contributed by atoms with van der Waals surface area (Å²) in [5.74, 6) is 0.462. The molecule has 0 bridgehead atoms. The van der Waals surface area contributed by atoms with E-state index in [2.05, 4.69) is 9.97 Å². The van der Waals surface area contributed by atoms with Crippen molar-refractivity contribution in [2.75, 3.05) is 0 Å². The average Bonchev–Trinajstić information content (AvgIpc) is 2.99. The van der Waals surface area contributed by atoms with Crippen LogP contribution >= 0.6 is 0 Å². The van der Waals surface area contributed by atoms with Crippen LogP contribution in [-0.2, 0) is 0 Å². The molecule has 0 aliphatic rings. The summed E-state index contributed by atoms with van der Waals surface area (Å²) in [5, 5.41) is 12.2. The zero-order chi connectivity index (χ0) is 14.9. The average molecular weight is 288 g/mol. The zero-order valence-electron chi connectivity index (χ0n) is 11.6. The molecule has 0 fully saturated rings. The maximum Gasteiger partial charge on any atom is 0.169 e. The number of fused-ring (bicyclic) bond motifs is 2. The number of aliphatic hydroxyl groups is 1. The second kappa shape index (κ2) is 5.00. The first-order valence-corrected chi connectivity index (χ1v) is 6.90. The van der Waals surface area contributed by atoms with Crippen LogP contribution in [0.2, 0.25) is 0 Å². The first-order chi connectivity index (χ1) is 10.8. The molecule has 2 heterocycles. The van der Waals surface area contributed by atoms with Gasteiger partial charge in [-0.25, -0.2) is 9.97 Å². The van der Waals surface area contributed by atoms with E-state index >= 15 is 0 Å². The lowest BCUT2D eigenvalue weighted by Gasteiger charge is -2.01. The van der Waals surface area contributed by atoms with Gasteiger partial charge < -0.3 is 9.52 Å². The van der Waals surface area contributed by atoms with E-state index < -0.39 is 0 Å². The third kappa shape index (κ3) is 2.11. The Bertz CT molecular complexity index is 964. The van der Waals surface area contributed by atoms with Gasteiger partial charge in [-0.2, -0.15) is 0 Å². The van der Waals surface area contributed by atoms with E-state index in [0.29, 0.717) is 11.5 Å². The Labute approximate surface area is 126 Å². The Hall–Kier alpha value is -3.14. The molecule has 4 aromatic rings. The second-order valence-electron chi connectivity index (χ2n) is 4.95. The van der Waals surface area contributed by atoms with Crippen LogP contribution in [0.4, 0.5) is 0 Å². The van der Waals surface area contributed by atoms with Crippen molar-refractivity contribution in [1.29, 1.82) is 0 Å². The zero-order valence-corrected chi connectivity index (χ0v) is 11.6. The maximum absolute atomic E-state index is 10.3. The minimum absolute atomic E-state index is 0.0417. The highest BCUT2D eigenvalue weighted by Gasteiger charge is 2.09. The van der Waals surface area contributed by atoms with Crippen molar-refractivity contribution in [2.45, 2.75) is 0 Å². The minimum Gasteiger partial charge on any atom is -0.504 e. The molecule has 4 heteroatoms. The van der Waals surface area contributed by atoms with Gasteiger partial charge in [0, 0.05) is 16.8 Å². The standard InChI is InChI=1S/C18H12N2O2/c21-16(18-9-12-5-1-4-8-17(12)22-18)10-15-13-6-2-3-7-14(13)19-11-20-15/h1-11,21H/b16-10-. The van der Waals surface area contributed by atoms with E-state index in [0.717, 1.165) is 21.9 Å². The van der Waals surface area contributed by atoms with Crippen molar-refractivity contribution in [1.82, 2.24) is 9.97 Å². The van der Waals surface area contributed by atoms with Crippen LogP contribution < -0.4 is 0 Å². The lowest BCUT2D eigenvalue weighted by molar-refractivity contribution is 0.474. The summed E-state index contributed by atoms with van der Waals surface area (Å²) in [4.78, 5) is 8.45. The Morgan fingerprint density at radius 1 is 1.00 bits per heavy atom. The van der Waals surface area contributed by atoms with E-state index in [1.54, 1.807) is 6.08 Å². The number of nitrogens with zero attached hydrogens (tertiary/aromatic N) is 2. The summed E-state index contributed by atoms with van der Waals surface area (Å²) in [5.41, 5.74) is 2.23. The smallest absolute Gasteiger partial charge is 0.169 e. The van der Waals surface area contributed by atoms with Crippen LogP contribution in [-0.4, -0.2) is 15.1 Å². The predicted octanol–water partition coefficient (Wildman–Crippen LogP) is 4.43. The SMILES string of the molecule is O/C(=C\c1ncnc2ccccc12)c1cc2ccccc2o1. The third-order valence-electron chi connectivity index (χ3n) is 3.53. The molecule has 2 aromatic heterocycles. The molecule has 0 aliphatic heterocycles. The number of hydrogen-bond acceptors (Lipinski definition) is 4. The summed E-state index contributed by atoms with van der Waals surface area (Å²) in [6, 6.07) is 17.1. The van der Waals surface area contributed by atoms with Crippen LogP contribution in [0.3, 0.4) is 0 Å². The summed E-state index contributed by atoms with van der Waals surface area (Å²) >= 11 is 0. The fraction of sp³-hybridized carbons (Fsp3) is 0. The van der Waals surface area contributed by atoms with Crippen molar-refractivity contribution in [3.8, 4) is 0 Å². The molecule has 1 N–H and O–H groups in total. The number of aromatic nitrogens is 2. The van der Waals surface area contributed by atoms with Gasteiger partial charge in [0.25, 0.3) is 0 Å². The van der Waals surface area contributed by atoms with Crippen molar-refractivity contribution in [3.05, 3.63) is 72.4 Å². The highest BCUT2D eigenvalue weighted by atomic mass is 16.4. The quantitative estimate of drug-likeness (QED) is 0.554. The van der Waals surface area contributed by atoms with Crippen molar-refractivity contribution in [3.63, 3.8) is 0 Å². The molecule has 0 saturated carbocycles. The summed E-state index contributed by atoms with van der Waals surface area (Å²) in [6.45, 7) is 0. The number of aliphatic hydroxyl groups excluding tert-OH is 1. The van der Waals surface area contributed by atoms with E-state index in [-0.39, 0.29) is 5.76 Å². The molecule has 106 valence electrons. The second-order valence-corrected chi connectivity index (χ2v) is 4.95. The van der Waals surface area contributed by atoms with Crippen LogP contribution in [0, 0.1) is 0 Å². The maximum atomic E-state index is 10.3. The Kier molecular flexibility index (Phi) is 2.86.